The fraction of sp³-hybridized carbons (Fsp3) is 0.483. The lowest BCUT2D eigenvalue weighted by Gasteiger charge is -2.44. The van der Waals surface area contributed by atoms with Crippen molar-refractivity contribution < 1.29 is 19.0 Å². The third kappa shape index (κ3) is 4.64. The molecule has 2 saturated heterocycles. The van der Waals surface area contributed by atoms with Gasteiger partial charge in [-0.25, -0.2) is 4.79 Å². The molecular formula is C29H35NO4. The van der Waals surface area contributed by atoms with Crippen molar-refractivity contribution in [3.05, 3.63) is 82.9 Å². The van der Waals surface area contributed by atoms with Gasteiger partial charge in [0.25, 0.3) is 0 Å². The number of carbonyl (C=O) groups is 1. The van der Waals surface area contributed by atoms with Gasteiger partial charge in [0.2, 0.25) is 0 Å². The van der Waals surface area contributed by atoms with Crippen molar-refractivity contribution in [2.45, 2.75) is 58.5 Å². The van der Waals surface area contributed by atoms with Crippen LogP contribution in [0.25, 0.3) is 0 Å². The van der Waals surface area contributed by atoms with Crippen molar-refractivity contribution in [3.63, 3.8) is 0 Å². The van der Waals surface area contributed by atoms with Gasteiger partial charge in [0.1, 0.15) is 12.8 Å². The fourth-order valence-electron chi connectivity index (χ4n) is 6.09. The second-order valence-electron chi connectivity index (χ2n) is 9.93. The first kappa shape index (κ1) is 23.1. The Morgan fingerprint density at radius 3 is 2.41 bits per heavy atom. The molecule has 1 spiro atoms. The molecule has 0 bridgehead atoms. The summed E-state index contributed by atoms with van der Waals surface area (Å²) in [7, 11) is 0. The smallest absolute Gasteiger partial charge is 0.412 e. The lowest BCUT2D eigenvalue weighted by atomic mass is 9.62. The number of ether oxygens (including phenoxy) is 3. The molecule has 3 aliphatic rings. The van der Waals surface area contributed by atoms with Crippen LogP contribution in [0.15, 0.2) is 71.8 Å². The lowest BCUT2D eigenvalue weighted by molar-refractivity contribution is -0.0686. The van der Waals surface area contributed by atoms with Gasteiger partial charge >= 0.3 is 6.09 Å². The molecule has 2 unspecified atom stereocenters. The van der Waals surface area contributed by atoms with Crippen molar-refractivity contribution in [1.82, 2.24) is 4.90 Å². The average Bonchev–Trinajstić information content (AvgIpc) is 3.15. The molecule has 2 heterocycles. The second kappa shape index (κ2) is 10.3. The summed E-state index contributed by atoms with van der Waals surface area (Å²) >= 11 is 0. The number of hydrogen-bond acceptors (Lipinski definition) is 4. The van der Waals surface area contributed by atoms with Gasteiger partial charge in [-0.3, -0.25) is 4.90 Å². The van der Waals surface area contributed by atoms with E-state index < -0.39 is 0 Å². The standard InChI is InChI=1S/C29H35NO4/c1-22-25(20-32-18-23-10-4-2-5-11-23)14-16-29-15-8-9-17-30(27(29)33-21-26(22)29)28(31)34-19-24-12-6-3-7-13-24/h2-7,10-13,26-27H,8-9,14-21H2,1H3/t26-,27?,29?/m1/s1. The van der Waals surface area contributed by atoms with Gasteiger partial charge in [0.15, 0.2) is 0 Å². The topological polar surface area (TPSA) is 48.0 Å². The second-order valence-corrected chi connectivity index (χ2v) is 9.93. The average molecular weight is 462 g/mol. The summed E-state index contributed by atoms with van der Waals surface area (Å²) in [5.41, 5.74) is 4.99. The van der Waals surface area contributed by atoms with E-state index in [1.165, 1.54) is 16.7 Å². The molecule has 2 aromatic carbocycles. The maximum Gasteiger partial charge on any atom is 0.412 e. The molecule has 2 fully saturated rings. The number of amides is 1. The first-order valence-electron chi connectivity index (χ1n) is 12.6. The van der Waals surface area contributed by atoms with E-state index in [-0.39, 0.29) is 17.7 Å². The first-order chi connectivity index (χ1) is 16.7. The van der Waals surface area contributed by atoms with Crippen molar-refractivity contribution in [3.8, 4) is 0 Å². The van der Waals surface area contributed by atoms with Crippen molar-refractivity contribution in [1.29, 1.82) is 0 Å². The van der Waals surface area contributed by atoms with Crippen LogP contribution in [-0.4, -0.2) is 37.0 Å². The molecule has 180 valence electrons. The van der Waals surface area contributed by atoms with Crippen LogP contribution in [-0.2, 0) is 27.4 Å². The molecule has 2 aromatic rings. The normalized spacial score (nSPS) is 26.6. The van der Waals surface area contributed by atoms with Crippen LogP contribution in [0.5, 0.6) is 0 Å². The van der Waals surface area contributed by atoms with Crippen LogP contribution in [0.4, 0.5) is 4.79 Å². The molecule has 0 aromatic heterocycles. The molecular weight excluding hydrogens is 426 g/mol. The number of carbonyl (C=O) groups excluding carboxylic acids is 1. The van der Waals surface area contributed by atoms with Crippen LogP contribution in [0.2, 0.25) is 0 Å². The van der Waals surface area contributed by atoms with E-state index in [9.17, 15) is 4.79 Å². The largest absolute Gasteiger partial charge is 0.444 e. The van der Waals surface area contributed by atoms with Gasteiger partial charge in [-0.05, 0) is 49.3 Å². The zero-order valence-electron chi connectivity index (χ0n) is 20.1. The van der Waals surface area contributed by atoms with Gasteiger partial charge < -0.3 is 14.2 Å². The minimum Gasteiger partial charge on any atom is -0.444 e. The zero-order chi connectivity index (χ0) is 23.4. The lowest BCUT2D eigenvalue weighted by Crippen LogP contribution is -2.50. The van der Waals surface area contributed by atoms with Crippen molar-refractivity contribution in [2.75, 3.05) is 19.8 Å². The highest BCUT2D eigenvalue weighted by Gasteiger charge is 2.57. The molecule has 3 atom stereocenters. The predicted octanol–water partition coefficient (Wildman–Crippen LogP) is 6.10. The molecule has 1 amide bonds. The van der Waals surface area contributed by atoms with E-state index in [2.05, 4.69) is 19.1 Å². The van der Waals surface area contributed by atoms with E-state index in [4.69, 9.17) is 14.2 Å². The quantitative estimate of drug-likeness (QED) is 0.488. The summed E-state index contributed by atoms with van der Waals surface area (Å²) in [6.07, 6.45) is 4.78. The Hall–Kier alpha value is -2.63. The molecule has 1 aliphatic carbocycles. The van der Waals surface area contributed by atoms with Crippen molar-refractivity contribution >= 4 is 6.09 Å². The zero-order valence-corrected chi connectivity index (χ0v) is 20.1. The van der Waals surface area contributed by atoms with E-state index in [1.807, 2.05) is 53.4 Å². The van der Waals surface area contributed by atoms with Gasteiger partial charge in [-0.1, -0.05) is 72.7 Å². The summed E-state index contributed by atoms with van der Waals surface area (Å²) < 4.78 is 18.2. The predicted molar refractivity (Wildman–Crippen MR) is 131 cm³/mol. The van der Waals surface area contributed by atoms with Crippen LogP contribution in [0.1, 0.15) is 50.2 Å². The van der Waals surface area contributed by atoms with Gasteiger partial charge in [-0.2, -0.15) is 0 Å². The highest BCUT2D eigenvalue weighted by molar-refractivity contribution is 5.68. The summed E-state index contributed by atoms with van der Waals surface area (Å²) in [6, 6.07) is 20.2. The van der Waals surface area contributed by atoms with Crippen LogP contribution in [0, 0.1) is 11.3 Å². The summed E-state index contributed by atoms with van der Waals surface area (Å²) in [5, 5.41) is 0. The number of benzene rings is 2. The molecule has 0 N–H and O–H groups in total. The minimum atomic E-state index is -0.255. The SMILES string of the molecule is CC1=C(COCc2ccccc2)CCC23CCCCN(C(=O)OCc4ccccc4)C2OC[C@H]13. The minimum absolute atomic E-state index is 0.0186. The molecule has 5 rings (SSSR count). The van der Waals surface area contributed by atoms with Crippen molar-refractivity contribution in [2.24, 2.45) is 11.3 Å². The molecule has 5 nitrogen and oxygen atoms in total. The summed E-state index contributed by atoms with van der Waals surface area (Å²) in [6.45, 7) is 5.21. The van der Waals surface area contributed by atoms with Crippen LogP contribution >= 0.6 is 0 Å². The number of hydrogen-bond donors (Lipinski definition) is 0. The van der Waals surface area contributed by atoms with Gasteiger partial charge in [0.05, 0.1) is 19.8 Å². The third-order valence-electron chi connectivity index (χ3n) is 7.98. The van der Waals surface area contributed by atoms with Gasteiger partial charge in [0, 0.05) is 17.9 Å². The highest BCUT2D eigenvalue weighted by Crippen LogP contribution is 2.56. The van der Waals surface area contributed by atoms with E-state index in [0.717, 1.165) is 37.7 Å². The first-order valence-corrected chi connectivity index (χ1v) is 12.6. The number of nitrogens with zero attached hydrogens (tertiary/aromatic N) is 1. The Balaban J connectivity index is 1.27. The summed E-state index contributed by atoms with van der Waals surface area (Å²) in [5.74, 6) is 0.337. The molecule has 34 heavy (non-hydrogen) atoms. The Labute approximate surface area is 202 Å². The van der Waals surface area contributed by atoms with E-state index >= 15 is 0 Å². The monoisotopic (exact) mass is 461 g/mol. The maximum atomic E-state index is 13.2. The Morgan fingerprint density at radius 2 is 1.68 bits per heavy atom. The molecule has 5 heteroatoms. The Morgan fingerprint density at radius 1 is 0.971 bits per heavy atom. The Bertz CT molecular complexity index is 1010. The molecule has 2 aliphatic heterocycles. The molecule has 0 radical (unpaired) electrons. The number of likely N-dealkylation sites (tertiary alicyclic amines) is 1. The highest BCUT2D eigenvalue weighted by atomic mass is 16.6. The number of rotatable bonds is 6. The maximum absolute atomic E-state index is 13.2. The van der Waals surface area contributed by atoms with E-state index in [1.54, 1.807) is 0 Å². The van der Waals surface area contributed by atoms with E-state index in [0.29, 0.717) is 38.9 Å². The van der Waals surface area contributed by atoms with Gasteiger partial charge in [-0.15, -0.1) is 0 Å². The van der Waals surface area contributed by atoms with Crippen LogP contribution in [0.3, 0.4) is 0 Å². The molecule has 0 saturated carbocycles. The van der Waals surface area contributed by atoms with Crippen LogP contribution < -0.4 is 0 Å². The third-order valence-corrected chi connectivity index (χ3v) is 7.98. The summed E-state index contributed by atoms with van der Waals surface area (Å²) in [4.78, 5) is 15.0. The Kier molecular flexibility index (Phi) is 7.02. The fourth-order valence-corrected chi connectivity index (χ4v) is 6.09.